The summed E-state index contributed by atoms with van der Waals surface area (Å²) in [6, 6.07) is 5.08. The third-order valence-electron chi connectivity index (χ3n) is 4.98. The quantitative estimate of drug-likeness (QED) is 0.874. The van der Waals surface area contributed by atoms with Gasteiger partial charge in [-0.3, -0.25) is 4.90 Å². The van der Waals surface area contributed by atoms with E-state index in [1.54, 1.807) is 0 Å². The number of nitrogens with zero attached hydrogens (tertiary/aromatic N) is 4. The molecule has 2 aromatic heterocycles. The number of likely N-dealkylation sites (tertiary alicyclic amines) is 1. The van der Waals surface area contributed by atoms with Gasteiger partial charge in [0.15, 0.2) is 5.65 Å². The fourth-order valence-corrected chi connectivity index (χ4v) is 3.76. The second-order valence-corrected chi connectivity index (χ2v) is 6.72. The minimum Gasteiger partial charge on any atom is -0.370 e. The van der Waals surface area contributed by atoms with E-state index >= 15 is 0 Å². The molecule has 118 valence electrons. The van der Waals surface area contributed by atoms with E-state index in [4.69, 9.17) is 9.72 Å². The van der Waals surface area contributed by atoms with Gasteiger partial charge in [0.25, 0.3) is 0 Å². The van der Waals surface area contributed by atoms with Gasteiger partial charge in [-0.05, 0) is 45.2 Å². The number of hydrogen-bond donors (Lipinski definition) is 0. The Kier molecular flexibility index (Phi) is 3.62. The average molecular weight is 300 g/mol. The van der Waals surface area contributed by atoms with Gasteiger partial charge in [-0.25, -0.2) is 9.97 Å². The number of pyridine rings is 1. The largest absolute Gasteiger partial charge is 0.370 e. The van der Waals surface area contributed by atoms with Crippen molar-refractivity contribution in [3.8, 4) is 0 Å². The first-order valence-corrected chi connectivity index (χ1v) is 8.42. The molecule has 2 fully saturated rings. The summed E-state index contributed by atoms with van der Waals surface area (Å²) in [6.45, 7) is 7.63. The molecule has 5 heteroatoms. The van der Waals surface area contributed by atoms with Crippen molar-refractivity contribution in [3.63, 3.8) is 0 Å². The van der Waals surface area contributed by atoms with Crippen LogP contribution in [0.2, 0.25) is 0 Å². The molecule has 0 aromatic carbocycles. The SMILES string of the molecule is CC(C)N1CCC(n2c(C3CCCO3)nc3cccnc32)C1. The molecule has 0 N–H and O–H groups in total. The summed E-state index contributed by atoms with van der Waals surface area (Å²) in [5.41, 5.74) is 2.01. The first kappa shape index (κ1) is 14.2. The van der Waals surface area contributed by atoms with Crippen molar-refractivity contribution in [3.05, 3.63) is 24.2 Å². The van der Waals surface area contributed by atoms with E-state index in [1.807, 2.05) is 12.3 Å². The van der Waals surface area contributed by atoms with E-state index in [-0.39, 0.29) is 6.10 Å². The van der Waals surface area contributed by atoms with E-state index in [2.05, 4.69) is 34.4 Å². The maximum Gasteiger partial charge on any atom is 0.160 e. The molecule has 2 saturated heterocycles. The molecule has 2 aliphatic heterocycles. The summed E-state index contributed by atoms with van der Waals surface area (Å²) >= 11 is 0. The number of hydrogen-bond acceptors (Lipinski definition) is 4. The molecule has 0 aliphatic carbocycles. The van der Waals surface area contributed by atoms with Crippen LogP contribution in [0.3, 0.4) is 0 Å². The third kappa shape index (κ3) is 2.32. The van der Waals surface area contributed by atoms with Crippen molar-refractivity contribution < 1.29 is 4.74 Å². The van der Waals surface area contributed by atoms with Gasteiger partial charge in [0.2, 0.25) is 0 Å². The van der Waals surface area contributed by atoms with E-state index in [0.717, 1.165) is 49.5 Å². The topological polar surface area (TPSA) is 43.2 Å². The van der Waals surface area contributed by atoms with Gasteiger partial charge in [-0.1, -0.05) is 0 Å². The maximum atomic E-state index is 5.92. The average Bonchev–Trinajstić information content (AvgIpc) is 3.25. The highest BCUT2D eigenvalue weighted by Crippen LogP contribution is 2.35. The molecule has 5 nitrogen and oxygen atoms in total. The smallest absolute Gasteiger partial charge is 0.160 e. The van der Waals surface area contributed by atoms with E-state index in [9.17, 15) is 0 Å². The summed E-state index contributed by atoms with van der Waals surface area (Å²) in [4.78, 5) is 12.0. The summed E-state index contributed by atoms with van der Waals surface area (Å²) in [7, 11) is 0. The Bertz CT molecular complexity index is 660. The lowest BCUT2D eigenvalue weighted by Crippen LogP contribution is -2.29. The van der Waals surface area contributed by atoms with Gasteiger partial charge in [0, 0.05) is 31.9 Å². The predicted molar refractivity (Wildman–Crippen MR) is 85.8 cm³/mol. The molecular formula is C17H24N4O. The summed E-state index contributed by atoms with van der Waals surface area (Å²) in [6.07, 6.45) is 5.38. The second-order valence-electron chi connectivity index (χ2n) is 6.72. The molecule has 2 aromatic rings. The summed E-state index contributed by atoms with van der Waals surface area (Å²) in [5.74, 6) is 1.09. The third-order valence-corrected chi connectivity index (χ3v) is 4.98. The summed E-state index contributed by atoms with van der Waals surface area (Å²) in [5, 5.41) is 0. The van der Waals surface area contributed by atoms with Crippen molar-refractivity contribution in [1.29, 1.82) is 0 Å². The van der Waals surface area contributed by atoms with Crippen LogP contribution >= 0.6 is 0 Å². The first-order chi connectivity index (χ1) is 10.7. The van der Waals surface area contributed by atoms with Gasteiger partial charge < -0.3 is 9.30 Å². The van der Waals surface area contributed by atoms with Crippen molar-refractivity contribution >= 4 is 11.2 Å². The minimum absolute atomic E-state index is 0.141. The normalized spacial score (nSPS) is 26.5. The van der Waals surface area contributed by atoms with Crippen molar-refractivity contribution in [2.45, 2.75) is 51.3 Å². The molecule has 2 atom stereocenters. The van der Waals surface area contributed by atoms with Crippen LogP contribution in [-0.4, -0.2) is 45.2 Å². The van der Waals surface area contributed by atoms with Crippen molar-refractivity contribution in [2.75, 3.05) is 19.7 Å². The Labute approximate surface area is 131 Å². The van der Waals surface area contributed by atoms with Gasteiger partial charge in [-0.2, -0.15) is 0 Å². The number of ether oxygens (including phenoxy) is 1. The molecule has 2 aliphatic rings. The van der Waals surface area contributed by atoms with Crippen LogP contribution in [0.5, 0.6) is 0 Å². The predicted octanol–water partition coefficient (Wildman–Crippen LogP) is 2.94. The molecule has 2 unspecified atom stereocenters. The van der Waals surface area contributed by atoms with E-state index < -0.39 is 0 Å². The Hall–Kier alpha value is -1.46. The van der Waals surface area contributed by atoms with Crippen LogP contribution in [-0.2, 0) is 4.74 Å². The fourth-order valence-electron chi connectivity index (χ4n) is 3.76. The fraction of sp³-hybridized carbons (Fsp3) is 0.647. The van der Waals surface area contributed by atoms with Crippen molar-refractivity contribution in [1.82, 2.24) is 19.4 Å². The maximum absolute atomic E-state index is 5.92. The molecule has 0 spiro atoms. The Balaban J connectivity index is 1.76. The first-order valence-electron chi connectivity index (χ1n) is 8.42. The highest BCUT2D eigenvalue weighted by atomic mass is 16.5. The van der Waals surface area contributed by atoms with Crippen LogP contribution in [0.4, 0.5) is 0 Å². The van der Waals surface area contributed by atoms with Gasteiger partial charge in [0.05, 0.1) is 6.04 Å². The number of imidazole rings is 1. The Morgan fingerprint density at radius 3 is 2.95 bits per heavy atom. The number of rotatable bonds is 3. The molecule has 4 heterocycles. The van der Waals surface area contributed by atoms with Crippen molar-refractivity contribution in [2.24, 2.45) is 0 Å². The molecule has 0 radical (unpaired) electrons. The van der Waals surface area contributed by atoms with Crippen LogP contribution in [0.15, 0.2) is 18.3 Å². The molecule has 22 heavy (non-hydrogen) atoms. The zero-order valence-electron chi connectivity index (χ0n) is 13.4. The summed E-state index contributed by atoms with van der Waals surface area (Å²) < 4.78 is 8.29. The van der Waals surface area contributed by atoms with Crippen LogP contribution in [0.1, 0.15) is 51.1 Å². The number of aromatic nitrogens is 3. The number of fused-ring (bicyclic) bond motifs is 1. The highest BCUT2D eigenvalue weighted by Gasteiger charge is 2.32. The zero-order valence-corrected chi connectivity index (χ0v) is 13.4. The van der Waals surface area contributed by atoms with Crippen LogP contribution in [0, 0.1) is 0 Å². The van der Waals surface area contributed by atoms with E-state index in [0.29, 0.717) is 12.1 Å². The highest BCUT2D eigenvalue weighted by molar-refractivity contribution is 5.71. The lowest BCUT2D eigenvalue weighted by molar-refractivity contribution is 0.101. The molecule has 4 rings (SSSR count). The molecule has 0 amide bonds. The standard InChI is InChI=1S/C17H24N4O/c1-12(2)20-9-7-13(11-20)21-16-14(5-3-8-18-16)19-17(21)15-6-4-10-22-15/h3,5,8,12-13,15H,4,6-7,9-11H2,1-2H3. The molecule has 0 bridgehead atoms. The Morgan fingerprint density at radius 1 is 1.32 bits per heavy atom. The van der Waals surface area contributed by atoms with Crippen LogP contribution < -0.4 is 0 Å². The molecular weight excluding hydrogens is 276 g/mol. The van der Waals surface area contributed by atoms with Gasteiger partial charge >= 0.3 is 0 Å². The second kappa shape index (κ2) is 5.63. The minimum atomic E-state index is 0.141. The van der Waals surface area contributed by atoms with E-state index in [1.165, 1.54) is 6.42 Å². The lowest BCUT2D eigenvalue weighted by Gasteiger charge is -2.22. The Morgan fingerprint density at radius 2 is 2.23 bits per heavy atom. The zero-order chi connectivity index (χ0) is 15.1. The van der Waals surface area contributed by atoms with Gasteiger partial charge in [0.1, 0.15) is 17.4 Å². The van der Waals surface area contributed by atoms with Crippen LogP contribution in [0.25, 0.3) is 11.2 Å². The lowest BCUT2D eigenvalue weighted by atomic mass is 10.2. The molecule has 0 saturated carbocycles. The van der Waals surface area contributed by atoms with Gasteiger partial charge in [-0.15, -0.1) is 0 Å². The monoisotopic (exact) mass is 300 g/mol.